The van der Waals surface area contributed by atoms with Crippen LogP contribution in [0.3, 0.4) is 0 Å². The summed E-state index contributed by atoms with van der Waals surface area (Å²) in [4.78, 5) is 5.01. The van der Waals surface area contributed by atoms with Crippen LogP contribution in [-0.2, 0) is 0 Å². The molecule has 0 spiro atoms. The van der Waals surface area contributed by atoms with Gasteiger partial charge in [0.05, 0.1) is 0 Å². The molecule has 2 heteroatoms. The van der Waals surface area contributed by atoms with E-state index in [9.17, 15) is 0 Å². The normalized spacial score (nSPS) is 16.5. The van der Waals surface area contributed by atoms with E-state index in [1.807, 2.05) is 12.1 Å². The van der Waals surface area contributed by atoms with Gasteiger partial charge in [-0.1, -0.05) is 13.3 Å². The van der Waals surface area contributed by atoms with Crippen molar-refractivity contribution in [2.45, 2.75) is 26.2 Å². The van der Waals surface area contributed by atoms with Gasteiger partial charge in [-0.05, 0) is 0 Å². The van der Waals surface area contributed by atoms with Crippen molar-refractivity contribution in [3.63, 3.8) is 0 Å². The molecule has 1 aromatic rings. The van der Waals surface area contributed by atoms with E-state index in [0.29, 0.717) is 0 Å². The molecule has 0 saturated carbocycles. The van der Waals surface area contributed by atoms with E-state index in [-0.39, 0.29) is 0 Å². The number of hydrogen-bond acceptors (Lipinski definition) is 2. The molecule has 0 aliphatic carbocycles. The van der Waals surface area contributed by atoms with E-state index < -0.39 is 0 Å². The molecule has 19 heavy (non-hydrogen) atoms. The Labute approximate surface area is 117 Å². The van der Waals surface area contributed by atoms with Crippen molar-refractivity contribution in [1.29, 1.82) is 0 Å². The van der Waals surface area contributed by atoms with E-state index in [0.717, 1.165) is 18.7 Å². The molecule has 2 rings (SSSR count). The van der Waals surface area contributed by atoms with Crippen LogP contribution in [0.2, 0.25) is 0 Å². The summed E-state index contributed by atoms with van der Waals surface area (Å²) in [7, 11) is 0. The van der Waals surface area contributed by atoms with Crippen molar-refractivity contribution in [3.8, 4) is 5.92 Å². The fourth-order valence-corrected chi connectivity index (χ4v) is 2.57. The van der Waals surface area contributed by atoms with Crippen LogP contribution in [-0.4, -0.2) is 37.6 Å². The predicted molar refractivity (Wildman–Crippen MR) is 80.9 cm³/mol. The quantitative estimate of drug-likeness (QED) is 0.453. The van der Waals surface area contributed by atoms with Gasteiger partial charge in [0.15, 0.2) is 0 Å². The van der Waals surface area contributed by atoms with Gasteiger partial charge < -0.3 is 0 Å². The second-order valence-electron chi connectivity index (χ2n) is 5.21. The molecule has 1 aliphatic rings. The van der Waals surface area contributed by atoms with Gasteiger partial charge >= 0.3 is 103 Å². The van der Waals surface area contributed by atoms with E-state index in [2.05, 4.69) is 34.8 Å². The monoisotopic (exact) mass is 255 g/mol. The number of nitrogens with zero attached hydrogens (tertiary/aromatic N) is 2. The van der Waals surface area contributed by atoms with Gasteiger partial charge in [0.2, 0.25) is 0 Å². The molecule has 0 atom stereocenters. The van der Waals surface area contributed by atoms with Crippen LogP contribution in [0.25, 0.3) is 0 Å². The second kappa shape index (κ2) is 7.37. The Morgan fingerprint density at radius 2 is 1.74 bits per heavy atom. The van der Waals surface area contributed by atoms with E-state index in [4.69, 9.17) is 6.42 Å². The van der Waals surface area contributed by atoms with E-state index in [1.54, 1.807) is 0 Å². The van der Waals surface area contributed by atoms with Crippen molar-refractivity contribution in [3.05, 3.63) is 36.3 Å². The number of benzene rings is 1. The number of piperazine rings is 1. The number of hydrogen-bond donors (Lipinski definition) is 0. The van der Waals surface area contributed by atoms with E-state index in [1.165, 1.54) is 44.6 Å². The molecule has 1 saturated heterocycles. The van der Waals surface area contributed by atoms with Crippen LogP contribution in [0.4, 0.5) is 5.69 Å². The minimum atomic E-state index is 0.849. The molecule has 0 radical (unpaired) electrons. The molecule has 0 aromatic heterocycles. The van der Waals surface area contributed by atoms with Gasteiger partial charge in [-0.25, -0.2) is 0 Å². The third-order valence-corrected chi connectivity index (χ3v) is 3.83. The molecule has 1 aromatic carbocycles. The maximum atomic E-state index is 7.10. The van der Waals surface area contributed by atoms with Gasteiger partial charge in [-0.3, -0.25) is 0 Å². The molecular weight excluding hydrogens is 232 g/mol. The molecular formula is C17H23N2+. The molecule has 0 N–H and O–H groups in total. The summed E-state index contributed by atoms with van der Waals surface area (Å²) in [6, 6.07) is 8.14. The van der Waals surface area contributed by atoms with Crippen molar-refractivity contribution >= 4 is 5.69 Å². The average molecular weight is 255 g/mol. The molecule has 100 valence electrons. The first kappa shape index (κ1) is 14.2. The molecule has 1 heterocycles. The fraction of sp³-hybridized carbons (Fsp3) is 0.529. The Balaban J connectivity index is 1.80. The first-order valence-electron chi connectivity index (χ1n) is 7.33. The standard InChI is InChI=1S/C17H23N2/c1-3-5-6-11-18-12-14-19(15-13-18)17-9-7-16(4-2)8-10-17/h7-10H,3,5-6,11-15H2,1H3/q+1. The SMILES string of the molecule is [C+]#Cc1ccc(N2CCN(CCCCC)CC2)cc1. The third kappa shape index (κ3) is 4.12. The van der Waals surface area contributed by atoms with Crippen LogP contribution in [0.15, 0.2) is 24.3 Å². The number of rotatable bonds is 5. The topological polar surface area (TPSA) is 6.48 Å². The summed E-state index contributed by atoms with van der Waals surface area (Å²) in [5.41, 5.74) is 2.12. The first-order chi connectivity index (χ1) is 9.33. The summed E-state index contributed by atoms with van der Waals surface area (Å²) in [5, 5.41) is 0. The number of unbranched alkanes of at least 4 members (excludes halogenated alkanes) is 2. The van der Waals surface area contributed by atoms with Crippen LogP contribution in [0, 0.1) is 12.3 Å². The zero-order chi connectivity index (χ0) is 13.5. The number of anilines is 1. The molecule has 0 amide bonds. The molecule has 0 bridgehead atoms. The Hall–Kier alpha value is -1.24. The second-order valence-corrected chi connectivity index (χ2v) is 5.21. The van der Waals surface area contributed by atoms with Crippen molar-refractivity contribution in [2.24, 2.45) is 0 Å². The molecule has 1 aliphatic heterocycles. The fourth-order valence-electron chi connectivity index (χ4n) is 2.57. The Morgan fingerprint density at radius 3 is 2.32 bits per heavy atom. The summed E-state index contributed by atoms with van der Waals surface area (Å²) >= 11 is 0. The van der Waals surface area contributed by atoms with Gasteiger partial charge in [-0.2, -0.15) is 0 Å². The Morgan fingerprint density at radius 1 is 1.05 bits per heavy atom. The third-order valence-electron chi connectivity index (χ3n) is 3.83. The zero-order valence-corrected chi connectivity index (χ0v) is 11.9. The summed E-state index contributed by atoms with van der Waals surface area (Å²) in [6.07, 6.45) is 11.1. The summed E-state index contributed by atoms with van der Waals surface area (Å²) in [5.74, 6) is 2.42. The average Bonchev–Trinajstić information content (AvgIpc) is 2.48. The van der Waals surface area contributed by atoms with Crippen LogP contribution < -0.4 is 4.90 Å². The van der Waals surface area contributed by atoms with Crippen LogP contribution in [0.5, 0.6) is 0 Å². The molecule has 2 nitrogen and oxygen atoms in total. The first-order valence-corrected chi connectivity index (χ1v) is 7.33. The van der Waals surface area contributed by atoms with E-state index >= 15 is 0 Å². The molecule has 1 fully saturated rings. The van der Waals surface area contributed by atoms with Gasteiger partial charge in [0.1, 0.15) is 0 Å². The van der Waals surface area contributed by atoms with Crippen molar-refractivity contribution in [2.75, 3.05) is 37.6 Å². The summed E-state index contributed by atoms with van der Waals surface area (Å²) < 4.78 is 0. The predicted octanol–water partition coefficient (Wildman–Crippen LogP) is 2.94. The zero-order valence-electron chi connectivity index (χ0n) is 11.9. The van der Waals surface area contributed by atoms with Gasteiger partial charge in [-0.15, -0.1) is 0 Å². The summed E-state index contributed by atoms with van der Waals surface area (Å²) in [6.45, 7) is 8.07. The minimum absolute atomic E-state index is 0.849. The van der Waals surface area contributed by atoms with Crippen LogP contribution in [0.1, 0.15) is 31.7 Å². The van der Waals surface area contributed by atoms with Crippen molar-refractivity contribution < 1.29 is 0 Å². The Bertz CT molecular complexity index is 408. The Kier molecular flexibility index (Phi) is 5.50. The van der Waals surface area contributed by atoms with Crippen molar-refractivity contribution in [1.82, 2.24) is 4.90 Å². The van der Waals surface area contributed by atoms with Gasteiger partial charge in [0, 0.05) is 0 Å². The molecule has 0 unspecified atom stereocenters. The van der Waals surface area contributed by atoms with Crippen LogP contribution >= 0.6 is 0 Å². The van der Waals surface area contributed by atoms with Gasteiger partial charge in [0.25, 0.3) is 0 Å². The maximum absolute atomic E-state index is 7.10.